The smallest absolute Gasteiger partial charge is 0.224 e. The van der Waals surface area contributed by atoms with Crippen LogP contribution in [0.2, 0.25) is 0 Å². The first kappa shape index (κ1) is 12.0. The first-order chi connectivity index (χ1) is 7.13. The highest BCUT2D eigenvalue weighted by atomic mass is 16.2. The maximum Gasteiger partial charge on any atom is 0.224 e. The zero-order valence-corrected chi connectivity index (χ0v) is 9.30. The zero-order chi connectivity index (χ0) is 11.3. The molecule has 2 unspecified atom stereocenters. The van der Waals surface area contributed by atoms with Gasteiger partial charge >= 0.3 is 0 Å². The van der Waals surface area contributed by atoms with E-state index in [0.717, 1.165) is 6.54 Å². The second kappa shape index (κ2) is 5.70. The van der Waals surface area contributed by atoms with Gasteiger partial charge in [0.15, 0.2) is 0 Å². The van der Waals surface area contributed by atoms with E-state index in [9.17, 15) is 9.59 Å². The minimum Gasteiger partial charge on any atom is -0.354 e. The van der Waals surface area contributed by atoms with Gasteiger partial charge in [-0.25, -0.2) is 0 Å². The fourth-order valence-corrected chi connectivity index (χ4v) is 1.50. The highest BCUT2D eigenvalue weighted by Crippen LogP contribution is 2.01. The molecule has 0 bridgehead atoms. The van der Waals surface area contributed by atoms with E-state index in [0.29, 0.717) is 19.5 Å². The number of hydrogen-bond donors (Lipinski definition) is 3. The minimum absolute atomic E-state index is 0.0115. The highest BCUT2D eigenvalue weighted by molar-refractivity contribution is 5.83. The van der Waals surface area contributed by atoms with Crippen LogP contribution in [-0.2, 0) is 9.59 Å². The summed E-state index contributed by atoms with van der Waals surface area (Å²) in [7, 11) is 0. The zero-order valence-electron chi connectivity index (χ0n) is 9.30. The second-order valence-electron chi connectivity index (χ2n) is 3.92. The molecule has 0 aromatic rings. The van der Waals surface area contributed by atoms with Gasteiger partial charge < -0.3 is 16.0 Å². The third-order valence-corrected chi connectivity index (χ3v) is 2.47. The number of carbonyl (C=O) groups is 2. The predicted octanol–water partition coefficient (Wildman–Crippen LogP) is -0.763. The predicted molar refractivity (Wildman–Crippen MR) is 57.3 cm³/mol. The maximum atomic E-state index is 11.6. The SMILES string of the molecule is CCNCC(C)C(=O)NC1CNC(=O)C1. The van der Waals surface area contributed by atoms with Gasteiger partial charge in [-0.2, -0.15) is 0 Å². The third kappa shape index (κ3) is 3.87. The first-order valence-corrected chi connectivity index (χ1v) is 5.41. The molecular formula is C10H19N3O2. The van der Waals surface area contributed by atoms with Gasteiger partial charge in [-0.05, 0) is 6.54 Å². The Morgan fingerprint density at radius 2 is 2.40 bits per heavy atom. The van der Waals surface area contributed by atoms with Crippen LogP contribution >= 0.6 is 0 Å². The van der Waals surface area contributed by atoms with E-state index in [1.165, 1.54) is 0 Å². The van der Waals surface area contributed by atoms with Crippen molar-refractivity contribution in [2.24, 2.45) is 5.92 Å². The van der Waals surface area contributed by atoms with Gasteiger partial charge in [0.1, 0.15) is 0 Å². The lowest BCUT2D eigenvalue weighted by Crippen LogP contribution is -2.42. The van der Waals surface area contributed by atoms with Crippen molar-refractivity contribution in [3.05, 3.63) is 0 Å². The molecule has 86 valence electrons. The Morgan fingerprint density at radius 3 is 2.93 bits per heavy atom. The molecule has 0 spiro atoms. The van der Waals surface area contributed by atoms with Gasteiger partial charge in [0.25, 0.3) is 0 Å². The van der Waals surface area contributed by atoms with Crippen molar-refractivity contribution in [2.45, 2.75) is 26.3 Å². The summed E-state index contributed by atoms with van der Waals surface area (Å²) in [6.45, 7) is 5.97. The van der Waals surface area contributed by atoms with Crippen LogP contribution in [0.1, 0.15) is 20.3 Å². The fraction of sp³-hybridized carbons (Fsp3) is 0.800. The summed E-state index contributed by atoms with van der Waals surface area (Å²) in [4.78, 5) is 22.5. The largest absolute Gasteiger partial charge is 0.354 e. The van der Waals surface area contributed by atoms with Crippen LogP contribution in [0.15, 0.2) is 0 Å². The third-order valence-electron chi connectivity index (χ3n) is 2.47. The molecule has 5 nitrogen and oxygen atoms in total. The lowest BCUT2D eigenvalue weighted by atomic mass is 10.1. The van der Waals surface area contributed by atoms with Crippen molar-refractivity contribution in [3.8, 4) is 0 Å². The molecule has 1 heterocycles. The number of amides is 2. The molecule has 0 saturated carbocycles. The van der Waals surface area contributed by atoms with E-state index in [-0.39, 0.29) is 23.8 Å². The number of nitrogens with one attached hydrogen (secondary N) is 3. The molecule has 1 rings (SSSR count). The maximum absolute atomic E-state index is 11.6. The molecule has 0 radical (unpaired) electrons. The number of hydrogen-bond acceptors (Lipinski definition) is 3. The topological polar surface area (TPSA) is 70.2 Å². The standard InChI is InChI=1S/C10H19N3O2/c1-3-11-5-7(2)10(15)13-8-4-9(14)12-6-8/h7-8,11H,3-6H2,1-2H3,(H,12,14)(H,13,15). The molecule has 0 aromatic heterocycles. The van der Waals surface area contributed by atoms with Crippen LogP contribution in [0, 0.1) is 5.92 Å². The van der Waals surface area contributed by atoms with E-state index in [1.54, 1.807) is 0 Å². The molecule has 2 amide bonds. The lowest BCUT2D eigenvalue weighted by molar-refractivity contribution is -0.125. The quantitative estimate of drug-likeness (QED) is 0.562. The Bertz CT molecular complexity index is 243. The van der Waals surface area contributed by atoms with Gasteiger partial charge in [0.05, 0.1) is 6.04 Å². The van der Waals surface area contributed by atoms with Crippen LogP contribution in [0.5, 0.6) is 0 Å². The average molecular weight is 213 g/mol. The molecule has 5 heteroatoms. The fourth-order valence-electron chi connectivity index (χ4n) is 1.50. The van der Waals surface area contributed by atoms with E-state index in [4.69, 9.17) is 0 Å². The monoisotopic (exact) mass is 213 g/mol. The Kier molecular flexibility index (Phi) is 4.55. The summed E-state index contributed by atoms with van der Waals surface area (Å²) in [6.07, 6.45) is 0.402. The van der Waals surface area contributed by atoms with Crippen LogP contribution in [0.25, 0.3) is 0 Å². The summed E-state index contributed by atoms with van der Waals surface area (Å²) < 4.78 is 0. The van der Waals surface area contributed by atoms with Gasteiger partial charge in [-0.3, -0.25) is 9.59 Å². The van der Waals surface area contributed by atoms with Crippen LogP contribution in [-0.4, -0.2) is 37.5 Å². The normalized spacial score (nSPS) is 22.3. The van der Waals surface area contributed by atoms with E-state index >= 15 is 0 Å². The molecule has 0 aromatic carbocycles. The Balaban J connectivity index is 2.25. The summed E-state index contributed by atoms with van der Waals surface area (Å²) >= 11 is 0. The lowest BCUT2D eigenvalue weighted by Gasteiger charge is -2.15. The summed E-state index contributed by atoms with van der Waals surface area (Å²) in [5, 5.41) is 8.66. The van der Waals surface area contributed by atoms with Gasteiger partial charge in [-0.15, -0.1) is 0 Å². The van der Waals surface area contributed by atoms with Crippen molar-refractivity contribution in [1.82, 2.24) is 16.0 Å². The summed E-state index contributed by atoms with van der Waals surface area (Å²) in [5.74, 6) is -0.0299. The van der Waals surface area contributed by atoms with Gasteiger partial charge in [0, 0.05) is 25.4 Å². The summed E-state index contributed by atoms with van der Waals surface area (Å²) in [5.41, 5.74) is 0. The molecular weight excluding hydrogens is 194 g/mol. The van der Waals surface area contributed by atoms with Crippen molar-refractivity contribution in [1.29, 1.82) is 0 Å². The van der Waals surface area contributed by atoms with Crippen molar-refractivity contribution < 1.29 is 9.59 Å². The van der Waals surface area contributed by atoms with Crippen LogP contribution < -0.4 is 16.0 Å². The van der Waals surface area contributed by atoms with Crippen LogP contribution in [0.3, 0.4) is 0 Å². The van der Waals surface area contributed by atoms with Crippen LogP contribution in [0.4, 0.5) is 0 Å². The van der Waals surface area contributed by atoms with E-state index in [1.807, 2.05) is 13.8 Å². The minimum atomic E-state index is -0.0550. The molecule has 1 fully saturated rings. The van der Waals surface area contributed by atoms with Gasteiger partial charge in [-0.1, -0.05) is 13.8 Å². The van der Waals surface area contributed by atoms with Crippen molar-refractivity contribution in [3.63, 3.8) is 0 Å². The molecule has 3 N–H and O–H groups in total. The van der Waals surface area contributed by atoms with Crippen molar-refractivity contribution in [2.75, 3.05) is 19.6 Å². The second-order valence-corrected chi connectivity index (χ2v) is 3.92. The Labute approximate surface area is 90.0 Å². The molecule has 15 heavy (non-hydrogen) atoms. The first-order valence-electron chi connectivity index (χ1n) is 5.41. The van der Waals surface area contributed by atoms with E-state index in [2.05, 4.69) is 16.0 Å². The van der Waals surface area contributed by atoms with Crippen molar-refractivity contribution >= 4 is 11.8 Å². The Hall–Kier alpha value is -1.10. The molecule has 2 atom stereocenters. The Morgan fingerprint density at radius 1 is 1.67 bits per heavy atom. The molecule has 0 aliphatic carbocycles. The number of carbonyl (C=O) groups excluding carboxylic acids is 2. The van der Waals surface area contributed by atoms with Gasteiger partial charge in [0.2, 0.25) is 11.8 Å². The van der Waals surface area contributed by atoms with E-state index < -0.39 is 0 Å². The molecule has 1 aliphatic heterocycles. The summed E-state index contributed by atoms with van der Waals surface area (Å²) in [6, 6.07) is -0.0333. The molecule has 1 saturated heterocycles. The molecule has 1 aliphatic rings. The number of rotatable bonds is 5. The highest BCUT2D eigenvalue weighted by Gasteiger charge is 2.24. The average Bonchev–Trinajstić information content (AvgIpc) is 2.60.